The van der Waals surface area contributed by atoms with Crippen molar-refractivity contribution in [3.8, 4) is 0 Å². The SMILES string of the molecule is CC(C)c1nc(C(C)NC2CCN(c3ccn(C)n3)C2=O)cs1. The molecule has 1 aliphatic heterocycles. The highest BCUT2D eigenvalue weighted by atomic mass is 32.1. The predicted molar refractivity (Wildman–Crippen MR) is 91.7 cm³/mol. The van der Waals surface area contributed by atoms with Crippen LogP contribution in [-0.2, 0) is 11.8 Å². The number of thiazole rings is 1. The summed E-state index contributed by atoms with van der Waals surface area (Å²) in [7, 11) is 1.86. The number of hydrogen-bond acceptors (Lipinski definition) is 5. The molecule has 2 atom stereocenters. The lowest BCUT2D eigenvalue weighted by atomic mass is 10.2. The minimum atomic E-state index is -0.170. The summed E-state index contributed by atoms with van der Waals surface area (Å²) in [4.78, 5) is 19.0. The molecule has 0 aliphatic carbocycles. The topological polar surface area (TPSA) is 63.1 Å². The summed E-state index contributed by atoms with van der Waals surface area (Å²) in [6, 6.07) is 1.77. The fourth-order valence-electron chi connectivity index (χ4n) is 2.76. The van der Waals surface area contributed by atoms with Crippen molar-refractivity contribution < 1.29 is 4.79 Å². The highest BCUT2D eigenvalue weighted by Gasteiger charge is 2.34. The van der Waals surface area contributed by atoms with E-state index in [4.69, 9.17) is 0 Å². The molecule has 2 unspecified atom stereocenters. The van der Waals surface area contributed by atoms with Gasteiger partial charge in [0.05, 0.1) is 16.7 Å². The van der Waals surface area contributed by atoms with Gasteiger partial charge in [-0.25, -0.2) is 4.98 Å². The normalized spacial score (nSPS) is 19.8. The number of nitrogens with one attached hydrogen (secondary N) is 1. The van der Waals surface area contributed by atoms with Gasteiger partial charge in [0.1, 0.15) is 0 Å². The smallest absolute Gasteiger partial charge is 0.245 e. The zero-order valence-corrected chi connectivity index (χ0v) is 14.8. The van der Waals surface area contributed by atoms with Crippen LogP contribution in [0.25, 0.3) is 0 Å². The van der Waals surface area contributed by atoms with Crippen LogP contribution >= 0.6 is 11.3 Å². The fraction of sp³-hybridized carbons (Fsp3) is 0.562. The van der Waals surface area contributed by atoms with E-state index in [1.54, 1.807) is 20.9 Å². The second kappa shape index (κ2) is 6.41. The summed E-state index contributed by atoms with van der Waals surface area (Å²) in [5.41, 5.74) is 1.02. The molecule has 3 heterocycles. The van der Waals surface area contributed by atoms with Crippen molar-refractivity contribution in [2.75, 3.05) is 11.4 Å². The highest BCUT2D eigenvalue weighted by molar-refractivity contribution is 7.09. The van der Waals surface area contributed by atoms with Crippen LogP contribution in [0.15, 0.2) is 17.6 Å². The van der Waals surface area contributed by atoms with Crippen LogP contribution in [-0.4, -0.2) is 33.3 Å². The number of anilines is 1. The molecule has 3 rings (SSSR count). The molecule has 1 aliphatic rings. The Morgan fingerprint density at radius 1 is 1.39 bits per heavy atom. The van der Waals surface area contributed by atoms with Gasteiger partial charge in [0.15, 0.2) is 5.82 Å². The van der Waals surface area contributed by atoms with Crippen LogP contribution in [0.2, 0.25) is 0 Å². The van der Waals surface area contributed by atoms with Gasteiger partial charge in [0, 0.05) is 43.2 Å². The second-order valence-electron chi connectivity index (χ2n) is 6.33. The molecule has 124 valence electrons. The molecule has 0 radical (unpaired) electrons. The molecule has 1 N–H and O–H groups in total. The minimum Gasteiger partial charge on any atom is -0.298 e. The first-order chi connectivity index (χ1) is 11.0. The molecule has 1 saturated heterocycles. The van der Waals surface area contributed by atoms with Crippen molar-refractivity contribution in [2.45, 2.75) is 45.2 Å². The molecule has 0 saturated carbocycles. The van der Waals surface area contributed by atoms with Gasteiger partial charge in [-0.15, -0.1) is 11.3 Å². The maximum atomic E-state index is 12.6. The molecule has 6 nitrogen and oxygen atoms in total. The first-order valence-corrected chi connectivity index (χ1v) is 8.86. The molecule has 1 fully saturated rings. The van der Waals surface area contributed by atoms with Gasteiger partial charge >= 0.3 is 0 Å². The first kappa shape index (κ1) is 16.1. The zero-order valence-electron chi connectivity index (χ0n) is 14.0. The van der Waals surface area contributed by atoms with Gasteiger partial charge in [0.2, 0.25) is 5.91 Å². The first-order valence-electron chi connectivity index (χ1n) is 7.98. The molecule has 0 bridgehead atoms. The lowest BCUT2D eigenvalue weighted by Gasteiger charge is -2.18. The third kappa shape index (κ3) is 3.30. The summed E-state index contributed by atoms with van der Waals surface area (Å²) in [6.45, 7) is 7.06. The third-order valence-electron chi connectivity index (χ3n) is 4.11. The predicted octanol–water partition coefficient (Wildman–Crippen LogP) is 2.46. The van der Waals surface area contributed by atoms with Crippen molar-refractivity contribution in [3.63, 3.8) is 0 Å². The Kier molecular flexibility index (Phi) is 4.50. The Balaban J connectivity index is 1.65. The standard InChI is InChI=1S/C16H23N5OS/c1-10(2)15-18-13(9-23-15)11(3)17-12-5-8-21(16(12)22)14-6-7-20(4)19-14/h6-7,9-12,17H,5,8H2,1-4H3. The summed E-state index contributed by atoms with van der Waals surface area (Å²) in [5.74, 6) is 1.26. The molecular formula is C16H23N5OS. The number of hydrogen-bond donors (Lipinski definition) is 1. The minimum absolute atomic E-state index is 0.0661. The van der Waals surface area contributed by atoms with Crippen LogP contribution in [0.5, 0.6) is 0 Å². The Hall–Kier alpha value is -1.73. The molecule has 0 spiro atoms. The van der Waals surface area contributed by atoms with Gasteiger partial charge in [-0.2, -0.15) is 5.10 Å². The largest absolute Gasteiger partial charge is 0.298 e. The van der Waals surface area contributed by atoms with E-state index in [0.717, 1.165) is 22.9 Å². The Morgan fingerprint density at radius 3 is 2.78 bits per heavy atom. The Morgan fingerprint density at radius 2 is 2.17 bits per heavy atom. The van der Waals surface area contributed by atoms with Gasteiger partial charge in [0.25, 0.3) is 0 Å². The number of carbonyl (C=O) groups excluding carboxylic acids is 1. The van der Waals surface area contributed by atoms with E-state index < -0.39 is 0 Å². The second-order valence-corrected chi connectivity index (χ2v) is 7.22. The van der Waals surface area contributed by atoms with E-state index in [0.29, 0.717) is 12.5 Å². The van der Waals surface area contributed by atoms with Crippen LogP contribution in [0.4, 0.5) is 5.82 Å². The number of nitrogens with zero attached hydrogens (tertiary/aromatic N) is 4. The van der Waals surface area contributed by atoms with Crippen molar-refractivity contribution >= 4 is 23.1 Å². The highest BCUT2D eigenvalue weighted by Crippen LogP contribution is 2.25. The quantitative estimate of drug-likeness (QED) is 0.913. The monoisotopic (exact) mass is 333 g/mol. The molecule has 2 aromatic heterocycles. The molecule has 0 aromatic carbocycles. The average Bonchev–Trinajstić information content (AvgIpc) is 3.20. The van der Waals surface area contributed by atoms with E-state index in [9.17, 15) is 4.79 Å². The van der Waals surface area contributed by atoms with Gasteiger partial charge in [-0.1, -0.05) is 13.8 Å². The Bertz CT molecular complexity index is 692. The molecule has 2 aromatic rings. The lowest BCUT2D eigenvalue weighted by Crippen LogP contribution is -2.39. The van der Waals surface area contributed by atoms with Crippen LogP contribution < -0.4 is 10.2 Å². The van der Waals surface area contributed by atoms with E-state index in [1.807, 2.05) is 19.3 Å². The Labute approximate surface area is 140 Å². The fourth-order valence-corrected chi connectivity index (χ4v) is 3.69. The van der Waals surface area contributed by atoms with Crippen LogP contribution in [0.1, 0.15) is 49.9 Å². The van der Waals surface area contributed by atoms with E-state index in [2.05, 4.69) is 41.6 Å². The van der Waals surface area contributed by atoms with Crippen LogP contribution in [0.3, 0.4) is 0 Å². The van der Waals surface area contributed by atoms with E-state index >= 15 is 0 Å². The zero-order chi connectivity index (χ0) is 16.6. The van der Waals surface area contributed by atoms with Crippen LogP contribution in [0, 0.1) is 0 Å². The summed E-state index contributed by atoms with van der Waals surface area (Å²) < 4.78 is 1.72. The number of rotatable bonds is 5. The third-order valence-corrected chi connectivity index (χ3v) is 5.27. The van der Waals surface area contributed by atoms with Gasteiger partial charge in [-0.05, 0) is 13.3 Å². The molecule has 23 heavy (non-hydrogen) atoms. The van der Waals surface area contributed by atoms with E-state index in [1.165, 1.54) is 0 Å². The van der Waals surface area contributed by atoms with Gasteiger partial charge in [-0.3, -0.25) is 19.7 Å². The van der Waals surface area contributed by atoms with Crippen molar-refractivity contribution in [3.05, 3.63) is 28.3 Å². The maximum absolute atomic E-state index is 12.6. The summed E-state index contributed by atoms with van der Waals surface area (Å²) >= 11 is 1.69. The van der Waals surface area contributed by atoms with Crippen molar-refractivity contribution in [1.82, 2.24) is 20.1 Å². The number of amides is 1. The maximum Gasteiger partial charge on any atom is 0.245 e. The molecular weight excluding hydrogens is 310 g/mol. The average molecular weight is 333 g/mol. The van der Waals surface area contributed by atoms with Crippen molar-refractivity contribution in [2.24, 2.45) is 7.05 Å². The summed E-state index contributed by atoms with van der Waals surface area (Å²) in [5, 5.41) is 11.0. The molecule has 1 amide bonds. The molecule has 7 heteroatoms. The van der Waals surface area contributed by atoms with Crippen molar-refractivity contribution in [1.29, 1.82) is 0 Å². The summed E-state index contributed by atoms with van der Waals surface area (Å²) in [6.07, 6.45) is 2.65. The van der Waals surface area contributed by atoms with Gasteiger partial charge < -0.3 is 0 Å². The number of carbonyl (C=O) groups is 1. The lowest BCUT2D eigenvalue weighted by molar-refractivity contribution is -0.119. The number of aromatic nitrogens is 3. The van der Waals surface area contributed by atoms with E-state index in [-0.39, 0.29) is 18.0 Å². The number of aryl methyl sites for hydroxylation is 1.